The van der Waals surface area contributed by atoms with Crippen LogP contribution in [-0.4, -0.2) is 5.91 Å². The highest BCUT2D eigenvalue weighted by Crippen LogP contribution is 2.19. The highest BCUT2D eigenvalue weighted by atomic mass is 16.3. The molecule has 1 amide bonds. The van der Waals surface area contributed by atoms with E-state index in [1.54, 1.807) is 19.1 Å². The van der Waals surface area contributed by atoms with Gasteiger partial charge in [-0.25, -0.2) is 0 Å². The number of hydrogen-bond acceptors (Lipinski definition) is 3. The van der Waals surface area contributed by atoms with E-state index < -0.39 is 5.91 Å². The molecule has 0 aliphatic carbocycles. The highest BCUT2D eigenvalue weighted by Gasteiger charge is 2.12. The van der Waals surface area contributed by atoms with Crippen LogP contribution in [0, 0.1) is 39.0 Å². The molecule has 0 aliphatic rings. The maximum Gasteiger partial charge on any atom is 0.266 e. The normalized spacial score (nSPS) is 11.1. The molecule has 4 heteroatoms. The monoisotopic (exact) mass is 294 g/mol. The lowest BCUT2D eigenvalue weighted by molar-refractivity contribution is -0.112. The summed E-state index contributed by atoms with van der Waals surface area (Å²) in [7, 11) is 0. The molecule has 4 nitrogen and oxygen atoms in total. The van der Waals surface area contributed by atoms with Gasteiger partial charge in [0, 0.05) is 11.3 Å². The Balaban J connectivity index is 2.26. The van der Waals surface area contributed by atoms with E-state index in [1.807, 2.05) is 45.0 Å². The van der Waals surface area contributed by atoms with Gasteiger partial charge in [0.1, 0.15) is 23.2 Å². The molecule has 0 aliphatic heterocycles. The van der Waals surface area contributed by atoms with Gasteiger partial charge in [-0.05, 0) is 51.5 Å². The zero-order valence-electron chi connectivity index (χ0n) is 13.2. The first kappa shape index (κ1) is 15.6. The number of nitrogens with one attached hydrogen (secondary N) is 1. The molecule has 0 unspecified atom stereocenters. The Morgan fingerprint density at radius 2 is 1.95 bits per heavy atom. The van der Waals surface area contributed by atoms with Crippen molar-refractivity contribution in [2.75, 3.05) is 5.32 Å². The molecule has 0 radical (unpaired) electrons. The number of carbonyl (C=O) groups excluding carboxylic acids is 1. The zero-order valence-corrected chi connectivity index (χ0v) is 13.2. The molecule has 0 spiro atoms. The number of nitriles is 1. The van der Waals surface area contributed by atoms with Crippen LogP contribution in [0.4, 0.5) is 5.69 Å². The first-order valence-corrected chi connectivity index (χ1v) is 6.98. The lowest BCUT2D eigenvalue weighted by Crippen LogP contribution is -2.14. The van der Waals surface area contributed by atoms with E-state index in [1.165, 1.54) is 0 Å². The quantitative estimate of drug-likeness (QED) is 0.685. The number of furan rings is 1. The number of rotatable bonds is 3. The predicted molar refractivity (Wildman–Crippen MR) is 86.3 cm³/mol. The van der Waals surface area contributed by atoms with E-state index in [0.717, 1.165) is 22.5 Å². The molecule has 0 bridgehead atoms. The van der Waals surface area contributed by atoms with Gasteiger partial charge in [-0.3, -0.25) is 4.79 Å². The average molecular weight is 294 g/mol. The van der Waals surface area contributed by atoms with Crippen molar-refractivity contribution in [2.24, 2.45) is 0 Å². The second-order valence-electron chi connectivity index (χ2n) is 5.31. The van der Waals surface area contributed by atoms with Gasteiger partial charge >= 0.3 is 0 Å². The van der Waals surface area contributed by atoms with Gasteiger partial charge in [-0.2, -0.15) is 5.26 Å². The number of anilines is 1. The van der Waals surface area contributed by atoms with Gasteiger partial charge < -0.3 is 9.73 Å². The molecule has 22 heavy (non-hydrogen) atoms. The number of hydrogen-bond donors (Lipinski definition) is 1. The fraction of sp³-hybridized carbons (Fsp3) is 0.222. The fourth-order valence-electron chi connectivity index (χ4n) is 2.24. The molecular formula is C18H18N2O2. The molecule has 0 saturated heterocycles. The third-order valence-electron chi connectivity index (χ3n) is 3.37. The van der Waals surface area contributed by atoms with Crippen LogP contribution in [0.5, 0.6) is 0 Å². The Morgan fingerprint density at radius 3 is 2.50 bits per heavy atom. The summed E-state index contributed by atoms with van der Waals surface area (Å²) in [6.07, 6.45) is 1.55. The maximum absolute atomic E-state index is 12.3. The van der Waals surface area contributed by atoms with Crippen molar-refractivity contribution >= 4 is 17.7 Å². The minimum Gasteiger partial charge on any atom is -0.466 e. The van der Waals surface area contributed by atoms with Crippen LogP contribution in [0.2, 0.25) is 0 Å². The van der Waals surface area contributed by atoms with Gasteiger partial charge in [-0.15, -0.1) is 0 Å². The summed E-state index contributed by atoms with van der Waals surface area (Å²) >= 11 is 0. The van der Waals surface area contributed by atoms with Gasteiger partial charge in [0.2, 0.25) is 0 Å². The summed E-state index contributed by atoms with van der Waals surface area (Å²) in [4.78, 5) is 12.3. The van der Waals surface area contributed by atoms with E-state index in [2.05, 4.69) is 5.32 Å². The van der Waals surface area contributed by atoms with Gasteiger partial charge in [0.05, 0.1) is 0 Å². The molecule has 0 fully saturated rings. The molecule has 1 heterocycles. The van der Waals surface area contributed by atoms with Crippen LogP contribution >= 0.6 is 0 Å². The summed E-state index contributed by atoms with van der Waals surface area (Å²) in [5, 5.41) is 12.0. The molecule has 2 rings (SSSR count). The van der Waals surface area contributed by atoms with Crippen molar-refractivity contribution in [3.05, 3.63) is 58.0 Å². The van der Waals surface area contributed by atoms with Crippen molar-refractivity contribution in [1.29, 1.82) is 5.26 Å². The largest absolute Gasteiger partial charge is 0.466 e. The number of aryl methyl sites for hydroxylation is 4. The SMILES string of the molecule is Cc1ccc(NC(=O)/C(C#N)=C\c2cc(C)oc2C)c(C)c1. The molecule has 0 atom stereocenters. The third-order valence-corrected chi connectivity index (χ3v) is 3.37. The standard InChI is InChI=1S/C18H18N2O2/c1-11-5-6-17(12(2)7-11)20-18(21)16(10-19)9-15-8-13(3)22-14(15)4/h5-9H,1-4H3,(H,20,21)/b16-9-. The van der Waals surface area contributed by atoms with Crippen LogP contribution < -0.4 is 5.32 Å². The zero-order chi connectivity index (χ0) is 16.3. The lowest BCUT2D eigenvalue weighted by Gasteiger charge is -2.08. The molecule has 1 aromatic heterocycles. The van der Waals surface area contributed by atoms with Gasteiger partial charge in [0.15, 0.2) is 0 Å². The first-order valence-electron chi connectivity index (χ1n) is 6.98. The maximum atomic E-state index is 12.3. The fourth-order valence-corrected chi connectivity index (χ4v) is 2.24. The molecule has 1 aromatic carbocycles. The van der Waals surface area contributed by atoms with E-state index in [9.17, 15) is 10.1 Å². The number of benzene rings is 1. The highest BCUT2D eigenvalue weighted by molar-refractivity contribution is 6.10. The molecule has 2 aromatic rings. The second-order valence-corrected chi connectivity index (χ2v) is 5.31. The number of nitrogens with zero attached hydrogens (tertiary/aromatic N) is 1. The lowest BCUT2D eigenvalue weighted by atomic mass is 10.1. The Labute approximate surface area is 130 Å². The summed E-state index contributed by atoms with van der Waals surface area (Å²) in [6.45, 7) is 7.53. The van der Waals surface area contributed by atoms with E-state index in [-0.39, 0.29) is 5.57 Å². The van der Waals surface area contributed by atoms with Crippen molar-refractivity contribution in [1.82, 2.24) is 0 Å². The summed E-state index contributed by atoms with van der Waals surface area (Å²) in [6, 6.07) is 9.49. The van der Waals surface area contributed by atoms with Crippen molar-refractivity contribution in [3.63, 3.8) is 0 Å². The topological polar surface area (TPSA) is 66.0 Å². The Hall–Kier alpha value is -2.80. The molecule has 112 valence electrons. The summed E-state index contributed by atoms with van der Waals surface area (Å²) < 4.78 is 5.40. The number of carbonyl (C=O) groups is 1. The van der Waals surface area contributed by atoms with Crippen molar-refractivity contribution in [2.45, 2.75) is 27.7 Å². The first-order chi connectivity index (χ1) is 10.4. The average Bonchev–Trinajstić information content (AvgIpc) is 2.77. The van der Waals surface area contributed by atoms with Crippen LogP contribution in [0.15, 0.2) is 34.3 Å². The van der Waals surface area contributed by atoms with E-state index in [4.69, 9.17) is 4.42 Å². The number of amides is 1. The van der Waals surface area contributed by atoms with Crippen LogP contribution in [0.1, 0.15) is 28.2 Å². The Kier molecular flexibility index (Phi) is 4.47. The van der Waals surface area contributed by atoms with Crippen molar-refractivity contribution < 1.29 is 9.21 Å². The minimum absolute atomic E-state index is 0.0453. The molecule has 1 N–H and O–H groups in total. The Bertz CT molecular complexity index is 792. The third kappa shape index (κ3) is 3.44. The van der Waals surface area contributed by atoms with Gasteiger partial charge in [-0.1, -0.05) is 17.7 Å². The van der Waals surface area contributed by atoms with Crippen LogP contribution in [0.25, 0.3) is 6.08 Å². The summed E-state index contributed by atoms with van der Waals surface area (Å²) in [5.41, 5.74) is 3.57. The van der Waals surface area contributed by atoms with Crippen LogP contribution in [-0.2, 0) is 4.79 Å². The Morgan fingerprint density at radius 1 is 1.23 bits per heavy atom. The molecular weight excluding hydrogens is 276 g/mol. The van der Waals surface area contributed by atoms with Gasteiger partial charge in [0.25, 0.3) is 5.91 Å². The van der Waals surface area contributed by atoms with E-state index >= 15 is 0 Å². The van der Waals surface area contributed by atoms with Crippen LogP contribution in [0.3, 0.4) is 0 Å². The van der Waals surface area contributed by atoms with E-state index in [0.29, 0.717) is 11.4 Å². The van der Waals surface area contributed by atoms with Crippen molar-refractivity contribution in [3.8, 4) is 6.07 Å². The molecule has 0 saturated carbocycles. The minimum atomic E-state index is -0.423. The second kappa shape index (κ2) is 6.31. The smallest absolute Gasteiger partial charge is 0.266 e. The predicted octanol–water partition coefficient (Wildman–Crippen LogP) is 4.06. The summed E-state index contributed by atoms with van der Waals surface area (Å²) in [5.74, 6) is 1.01.